The molecule has 1 aromatic heterocycles. The second-order valence-corrected chi connectivity index (χ2v) is 6.03. The molecule has 2 heterocycles. The molecule has 1 fully saturated rings. The van der Waals surface area contributed by atoms with Crippen LogP contribution in [0.4, 0.5) is 0 Å². The molecule has 2 rings (SSSR count). The Morgan fingerprint density at radius 2 is 2.18 bits per heavy atom. The van der Waals surface area contributed by atoms with Crippen LogP contribution < -0.4 is 10.0 Å². The molecule has 94 valence electrons. The van der Waals surface area contributed by atoms with Crippen molar-refractivity contribution in [3.63, 3.8) is 0 Å². The lowest BCUT2D eigenvalue weighted by Crippen LogP contribution is -2.45. The van der Waals surface area contributed by atoms with Gasteiger partial charge in [-0.3, -0.25) is 4.98 Å². The second kappa shape index (κ2) is 5.57. The summed E-state index contributed by atoms with van der Waals surface area (Å²) >= 11 is 0. The fourth-order valence-corrected chi connectivity index (χ4v) is 3.37. The van der Waals surface area contributed by atoms with Crippen molar-refractivity contribution in [2.45, 2.75) is 24.6 Å². The molecule has 0 aliphatic carbocycles. The van der Waals surface area contributed by atoms with Gasteiger partial charge in [-0.05, 0) is 37.1 Å². The fourth-order valence-electron chi connectivity index (χ4n) is 1.95. The van der Waals surface area contributed by atoms with E-state index in [1.165, 1.54) is 0 Å². The van der Waals surface area contributed by atoms with Crippen LogP contribution in [-0.2, 0) is 15.8 Å². The third-order valence-corrected chi connectivity index (χ3v) is 4.15. The van der Waals surface area contributed by atoms with Crippen LogP contribution in [0.2, 0.25) is 0 Å². The van der Waals surface area contributed by atoms with E-state index in [9.17, 15) is 8.42 Å². The van der Waals surface area contributed by atoms with Gasteiger partial charge in [0.05, 0.1) is 5.75 Å². The predicted octanol–water partition coefficient (Wildman–Crippen LogP) is 0.253. The quantitative estimate of drug-likeness (QED) is 0.809. The standard InChI is InChI=1S/C11H17N3O2S/c15-17(16,9-10-3-6-12-7-4-10)14-11-2-1-5-13-8-11/h3-4,6-7,11,13-14H,1-2,5,8-9H2. The van der Waals surface area contributed by atoms with Crippen LogP contribution in [0.15, 0.2) is 24.5 Å². The van der Waals surface area contributed by atoms with Gasteiger partial charge >= 0.3 is 0 Å². The van der Waals surface area contributed by atoms with Crippen LogP contribution in [0.1, 0.15) is 18.4 Å². The smallest absolute Gasteiger partial charge is 0.216 e. The molecule has 2 N–H and O–H groups in total. The molecule has 17 heavy (non-hydrogen) atoms. The maximum atomic E-state index is 11.9. The lowest BCUT2D eigenvalue weighted by Gasteiger charge is -2.23. The van der Waals surface area contributed by atoms with Crippen LogP contribution >= 0.6 is 0 Å². The van der Waals surface area contributed by atoms with E-state index in [0.29, 0.717) is 0 Å². The topological polar surface area (TPSA) is 71.1 Å². The molecule has 1 saturated heterocycles. The van der Waals surface area contributed by atoms with E-state index in [0.717, 1.165) is 31.5 Å². The summed E-state index contributed by atoms with van der Waals surface area (Å²) in [7, 11) is -3.25. The van der Waals surface area contributed by atoms with Crippen molar-refractivity contribution in [3.05, 3.63) is 30.1 Å². The molecular weight excluding hydrogens is 238 g/mol. The molecule has 1 aromatic rings. The monoisotopic (exact) mass is 255 g/mol. The molecule has 1 aliphatic rings. The van der Waals surface area contributed by atoms with E-state index in [1.807, 2.05) is 0 Å². The first-order valence-electron chi connectivity index (χ1n) is 5.75. The minimum absolute atomic E-state index is 0.0199. The maximum absolute atomic E-state index is 11.9. The summed E-state index contributed by atoms with van der Waals surface area (Å²) in [6.07, 6.45) is 5.13. The highest BCUT2D eigenvalue weighted by Crippen LogP contribution is 2.07. The van der Waals surface area contributed by atoms with Gasteiger partial charge in [-0.25, -0.2) is 13.1 Å². The van der Waals surface area contributed by atoms with Gasteiger partial charge in [0.1, 0.15) is 0 Å². The normalized spacial score (nSPS) is 21.3. The number of piperidine rings is 1. The molecule has 0 bridgehead atoms. The lowest BCUT2D eigenvalue weighted by molar-refractivity contribution is 0.428. The van der Waals surface area contributed by atoms with Gasteiger partial charge in [0.25, 0.3) is 0 Å². The number of hydrogen-bond donors (Lipinski definition) is 2. The van der Waals surface area contributed by atoms with Crippen LogP contribution in [0.5, 0.6) is 0 Å². The van der Waals surface area contributed by atoms with Crippen molar-refractivity contribution < 1.29 is 8.42 Å². The Balaban J connectivity index is 1.94. The summed E-state index contributed by atoms with van der Waals surface area (Å²) in [6, 6.07) is 3.46. The Morgan fingerprint density at radius 1 is 1.41 bits per heavy atom. The zero-order valence-corrected chi connectivity index (χ0v) is 10.4. The van der Waals surface area contributed by atoms with Gasteiger partial charge in [0.2, 0.25) is 10.0 Å². The number of sulfonamides is 1. The zero-order valence-electron chi connectivity index (χ0n) is 9.59. The zero-order chi connectivity index (χ0) is 12.1. The second-order valence-electron chi connectivity index (χ2n) is 4.28. The van der Waals surface area contributed by atoms with E-state index in [2.05, 4.69) is 15.0 Å². The number of aromatic nitrogens is 1. The highest BCUT2D eigenvalue weighted by Gasteiger charge is 2.19. The van der Waals surface area contributed by atoms with Crippen LogP contribution in [0.3, 0.4) is 0 Å². The summed E-state index contributed by atoms with van der Waals surface area (Å²) in [4.78, 5) is 3.87. The third-order valence-electron chi connectivity index (χ3n) is 2.75. The van der Waals surface area contributed by atoms with Crippen molar-refractivity contribution in [3.8, 4) is 0 Å². The molecule has 5 nitrogen and oxygen atoms in total. The minimum atomic E-state index is -3.25. The third kappa shape index (κ3) is 4.07. The lowest BCUT2D eigenvalue weighted by atomic mass is 10.1. The highest BCUT2D eigenvalue weighted by atomic mass is 32.2. The first-order chi connectivity index (χ1) is 8.16. The van der Waals surface area contributed by atoms with Crippen molar-refractivity contribution in [2.24, 2.45) is 0 Å². The summed E-state index contributed by atoms with van der Waals surface area (Å²) in [5, 5.41) is 3.18. The summed E-state index contributed by atoms with van der Waals surface area (Å²) in [6.45, 7) is 1.69. The van der Waals surface area contributed by atoms with Crippen molar-refractivity contribution in [1.29, 1.82) is 0 Å². The summed E-state index contributed by atoms with van der Waals surface area (Å²) in [5.41, 5.74) is 0.760. The first kappa shape index (κ1) is 12.5. The average molecular weight is 255 g/mol. The summed E-state index contributed by atoms with van der Waals surface area (Å²) < 4.78 is 26.6. The molecule has 0 saturated carbocycles. The Morgan fingerprint density at radius 3 is 2.82 bits per heavy atom. The van der Waals surface area contributed by atoms with Crippen molar-refractivity contribution in [2.75, 3.05) is 13.1 Å². The van der Waals surface area contributed by atoms with E-state index in [1.54, 1.807) is 24.5 Å². The van der Waals surface area contributed by atoms with E-state index in [4.69, 9.17) is 0 Å². The molecule has 1 atom stereocenters. The largest absolute Gasteiger partial charge is 0.315 e. The van der Waals surface area contributed by atoms with Gasteiger partial charge in [-0.15, -0.1) is 0 Å². The number of pyridine rings is 1. The molecular formula is C11H17N3O2S. The van der Waals surface area contributed by atoms with E-state index < -0.39 is 10.0 Å². The highest BCUT2D eigenvalue weighted by molar-refractivity contribution is 7.88. The van der Waals surface area contributed by atoms with Gasteiger partial charge in [0.15, 0.2) is 0 Å². The van der Waals surface area contributed by atoms with Crippen molar-refractivity contribution in [1.82, 2.24) is 15.0 Å². The average Bonchev–Trinajstić information content (AvgIpc) is 2.30. The molecule has 0 radical (unpaired) electrons. The van der Waals surface area contributed by atoms with Crippen LogP contribution in [0, 0.1) is 0 Å². The van der Waals surface area contributed by atoms with Gasteiger partial charge in [-0.1, -0.05) is 0 Å². The first-order valence-corrected chi connectivity index (χ1v) is 7.40. The Labute approximate surface area is 102 Å². The molecule has 0 amide bonds. The number of rotatable bonds is 4. The Kier molecular flexibility index (Phi) is 4.09. The molecule has 1 aliphatic heterocycles. The molecule has 0 aromatic carbocycles. The van der Waals surface area contributed by atoms with E-state index in [-0.39, 0.29) is 11.8 Å². The fraction of sp³-hybridized carbons (Fsp3) is 0.545. The van der Waals surface area contributed by atoms with Gasteiger partial charge in [-0.2, -0.15) is 0 Å². The molecule has 6 heteroatoms. The minimum Gasteiger partial charge on any atom is -0.315 e. The van der Waals surface area contributed by atoms with Gasteiger partial charge in [0, 0.05) is 25.0 Å². The predicted molar refractivity (Wildman–Crippen MR) is 65.9 cm³/mol. The maximum Gasteiger partial charge on any atom is 0.216 e. The number of nitrogens with zero attached hydrogens (tertiary/aromatic N) is 1. The van der Waals surface area contributed by atoms with Gasteiger partial charge < -0.3 is 5.32 Å². The SMILES string of the molecule is O=S(=O)(Cc1ccncc1)NC1CCCNC1. The molecule has 0 spiro atoms. The van der Waals surface area contributed by atoms with E-state index >= 15 is 0 Å². The number of hydrogen-bond acceptors (Lipinski definition) is 4. The molecule has 1 unspecified atom stereocenters. The Bertz CT molecular complexity index is 441. The van der Waals surface area contributed by atoms with Crippen LogP contribution in [0.25, 0.3) is 0 Å². The van der Waals surface area contributed by atoms with Crippen LogP contribution in [-0.4, -0.2) is 32.5 Å². The summed E-state index contributed by atoms with van der Waals surface area (Å²) in [5.74, 6) is 0.0199. The van der Waals surface area contributed by atoms with Crippen molar-refractivity contribution >= 4 is 10.0 Å². The Hall–Kier alpha value is -0.980. The number of nitrogens with one attached hydrogen (secondary N) is 2.